The third-order valence-corrected chi connectivity index (χ3v) is 7.93. The van der Waals surface area contributed by atoms with E-state index in [-0.39, 0.29) is 22.9 Å². The van der Waals surface area contributed by atoms with Crippen molar-refractivity contribution in [3.05, 3.63) is 74.9 Å². The number of likely N-dealkylation sites (tertiary alicyclic amines) is 1. The number of rotatable bonds is 2. The van der Waals surface area contributed by atoms with Gasteiger partial charge in [0.2, 0.25) is 17.5 Å². The van der Waals surface area contributed by atoms with Gasteiger partial charge < -0.3 is 9.64 Å². The summed E-state index contributed by atoms with van der Waals surface area (Å²) < 4.78 is 20.5. The maximum atomic E-state index is 14.1. The van der Waals surface area contributed by atoms with Crippen molar-refractivity contribution in [1.82, 2.24) is 4.90 Å². The standard InChI is InChI=1S/C24H19ClFNO4S/c25-17-6-3-7-18(26)16(17)12-19(28)27-10-8-24(9-11-27)13-32-23-21(30)20(29)14-4-1-2-5-15(14)22(23)31-24/h1-7H,8-13H2. The Kier molecular flexibility index (Phi) is 5.34. The smallest absolute Gasteiger partial charge is 0.243 e. The Balaban J connectivity index is 1.32. The van der Waals surface area contributed by atoms with Crippen LogP contribution in [0, 0.1) is 5.82 Å². The first-order valence-corrected chi connectivity index (χ1v) is 11.7. The third kappa shape index (κ3) is 3.53. The summed E-state index contributed by atoms with van der Waals surface area (Å²) >= 11 is 7.43. The molecular formula is C24H19ClFNO4S. The molecule has 164 valence electrons. The molecule has 2 aromatic carbocycles. The van der Waals surface area contributed by atoms with Crippen molar-refractivity contribution in [3.8, 4) is 0 Å². The molecule has 5 nitrogen and oxygen atoms in total. The van der Waals surface area contributed by atoms with Gasteiger partial charge in [0.25, 0.3) is 0 Å². The highest BCUT2D eigenvalue weighted by molar-refractivity contribution is 8.04. The Morgan fingerprint density at radius 1 is 1.06 bits per heavy atom. The fourth-order valence-corrected chi connectivity index (χ4v) is 5.88. The predicted molar refractivity (Wildman–Crippen MR) is 120 cm³/mol. The van der Waals surface area contributed by atoms with E-state index in [2.05, 4.69) is 0 Å². The van der Waals surface area contributed by atoms with Crippen LogP contribution in [0.4, 0.5) is 4.39 Å². The Morgan fingerprint density at radius 3 is 2.50 bits per heavy atom. The fraction of sp³-hybridized carbons (Fsp3) is 0.292. The number of amides is 1. The normalized spacial score (nSPS) is 19.5. The highest BCUT2D eigenvalue weighted by Gasteiger charge is 2.46. The lowest BCUT2D eigenvalue weighted by Crippen LogP contribution is -2.51. The molecule has 2 heterocycles. The van der Waals surface area contributed by atoms with Crippen molar-refractivity contribution >= 4 is 46.6 Å². The fourth-order valence-electron chi connectivity index (χ4n) is 4.39. The van der Waals surface area contributed by atoms with Gasteiger partial charge in [-0.05, 0) is 12.1 Å². The van der Waals surface area contributed by atoms with Crippen molar-refractivity contribution in [1.29, 1.82) is 0 Å². The summed E-state index contributed by atoms with van der Waals surface area (Å²) in [6.45, 7) is 0.922. The second-order valence-electron chi connectivity index (χ2n) is 8.19. The topological polar surface area (TPSA) is 63.7 Å². The molecule has 1 amide bonds. The highest BCUT2D eigenvalue weighted by atomic mass is 35.5. The third-order valence-electron chi connectivity index (χ3n) is 6.25. The zero-order chi connectivity index (χ0) is 22.5. The number of carbonyl (C=O) groups is 3. The molecule has 2 aromatic rings. The average molecular weight is 472 g/mol. The van der Waals surface area contributed by atoms with E-state index in [1.807, 2.05) is 6.07 Å². The zero-order valence-corrected chi connectivity index (χ0v) is 18.6. The molecule has 0 unspecified atom stereocenters. The molecule has 0 atom stereocenters. The molecule has 2 aliphatic heterocycles. The van der Waals surface area contributed by atoms with Crippen molar-refractivity contribution in [3.63, 3.8) is 0 Å². The number of ether oxygens (including phenoxy) is 1. The molecule has 8 heteroatoms. The quantitative estimate of drug-likeness (QED) is 0.612. The molecular weight excluding hydrogens is 453 g/mol. The summed E-state index contributed by atoms with van der Waals surface area (Å²) in [5.41, 5.74) is 0.694. The van der Waals surface area contributed by atoms with Gasteiger partial charge in [-0.25, -0.2) is 4.39 Å². The number of Topliss-reactive ketones (excluding diaryl/α,β-unsaturated/α-hetero) is 2. The first kappa shape index (κ1) is 21.2. The molecule has 1 aliphatic carbocycles. The number of piperidine rings is 1. The van der Waals surface area contributed by atoms with Crippen molar-refractivity contribution in [2.75, 3.05) is 18.8 Å². The largest absolute Gasteiger partial charge is 0.484 e. The maximum absolute atomic E-state index is 14.1. The molecule has 1 saturated heterocycles. The monoisotopic (exact) mass is 471 g/mol. The SMILES string of the molecule is O=C1C(=O)c2ccccc2C2=C1SCC1(CCN(C(=O)Cc3c(F)cccc3Cl)CC1)O2. The van der Waals surface area contributed by atoms with Crippen LogP contribution in [-0.2, 0) is 20.7 Å². The van der Waals surface area contributed by atoms with Gasteiger partial charge in [-0.3, -0.25) is 14.4 Å². The number of nitrogens with zero attached hydrogens (tertiary/aromatic N) is 1. The van der Waals surface area contributed by atoms with Crippen LogP contribution >= 0.6 is 23.4 Å². The first-order chi connectivity index (χ1) is 15.4. The second-order valence-corrected chi connectivity index (χ2v) is 9.59. The minimum Gasteiger partial charge on any atom is -0.484 e. The van der Waals surface area contributed by atoms with Gasteiger partial charge in [0.15, 0.2) is 0 Å². The van der Waals surface area contributed by atoms with Gasteiger partial charge in [-0.1, -0.05) is 41.9 Å². The molecule has 0 bridgehead atoms. The molecule has 5 rings (SSSR count). The van der Waals surface area contributed by atoms with Crippen molar-refractivity contribution < 1.29 is 23.5 Å². The van der Waals surface area contributed by atoms with E-state index >= 15 is 0 Å². The summed E-state index contributed by atoms with van der Waals surface area (Å²) in [4.78, 5) is 39.8. The molecule has 0 radical (unpaired) electrons. The molecule has 1 fully saturated rings. The number of benzene rings is 2. The van der Waals surface area contributed by atoms with E-state index < -0.39 is 23.0 Å². The maximum Gasteiger partial charge on any atom is 0.243 e. The van der Waals surface area contributed by atoms with Gasteiger partial charge >= 0.3 is 0 Å². The molecule has 1 spiro atoms. The molecule has 0 aromatic heterocycles. The first-order valence-electron chi connectivity index (χ1n) is 10.3. The molecule has 3 aliphatic rings. The van der Waals surface area contributed by atoms with E-state index in [1.54, 1.807) is 29.2 Å². The number of fused-ring (bicyclic) bond motifs is 2. The Labute approximate surface area is 193 Å². The van der Waals surface area contributed by atoms with Gasteiger partial charge in [-0.2, -0.15) is 0 Å². The van der Waals surface area contributed by atoms with E-state index in [4.69, 9.17) is 16.3 Å². The molecule has 0 saturated carbocycles. The van der Waals surface area contributed by atoms with Crippen LogP contribution in [0.25, 0.3) is 5.76 Å². The van der Waals surface area contributed by atoms with Crippen molar-refractivity contribution in [2.45, 2.75) is 24.9 Å². The minimum atomic E-state index is -0.524. The number of allylic oxidation sites excluding steroid dienone is 1. The minimum absolute atomic E-state index is 0.0899. The van der Waals surface area contributed by atoms with Crippen LogP contribution in [0.1, 0.15) is 34.3 Å². The number of thioether (sulfide) groups is 1. The number of ketones is 2. The average Bonchev–Trinajstić information content (AvgIpc) is 2.80. The molecule has 32 heavy (non-hydrogen) atoms. The van der Waals surface area contributed by atoms with Crippen LogP contribution in [0.5, 0.6) is 0 Å². The van der Waals surface area contributed by atoms with Crippen molar-refractivity contribution in [2.24, 2.45) is 0 Å². The van der Waals surface area contributed by atoms with E-state index in [9.17, 15) is 18.8 Å². The van der Waals surface area contributed by atoms with Crippen LogP contribution in [0.15, 0.2) is 47.4 Å². The second kappa shape index (κ2) is 8.05. The van der Waals surface area contributed by atoms with Gasteiger partial charge in [0.05, 0.1) is 6.42 Å². The highest BCUT2D eigenvalue weighted by Crippen LogP contribution is 2.47. The van der Waals surface area contributed by atoms with E-state index in [0.717, 1.165) is 0 Å². The van der Waals surface area contributed by atoms with E-state index in [1.165, 1.54) is 23.9 Å². The number of hydrogen-bond donors (Lipinski definition) is 0. The van der Waals surface area contributed by atoms with Crippen LogP contribution in [0.2, 0.25) is 5.02 Å². The molecule has 0 N–H and O–H groups in total. The Morgan fingerprint density at radius 2 is 1.78 bits per heavy atom. The zero-order valence-electron chi connectivity index (χ0n) is 17.0. The summed E-state index contributed by atoms with van der Waals surface area (Å²) in [6.07, 6.45) is 1.07. The summed E-state index contributed by atoms with van der Waals surface area (Å²) in [5, 5.41) is 0.244. The lowest BCUT2D eigenvalue weighted by atomic mass is 9.90. The number of hydrogen-bond acceptors (Lipinski definition) is 5. The number of halogens is 2. The van der Waals surface area contributed by atoms with Gasteiger partial charge in [0, 0.05) is 53.4 Å². The van der Waals surface area contributed by atoms with Gasteiger partial charge in [0.1, 0.15) is 22.1 Å². The Bertz CT molecular complexity index is 1170. The van der Waals surface area contributed by atoms with E-state index in [0.29, 0.717) is 53.5 Å². The van der Waals surface area contributed by atoms with Crippen LogP contribution in [-0.4, -0.2) is 46.8 Å². The predicted octanol–water partition coefficient (Wildman–Crippen LogP) is 4.28. The lowest BCUT2D eigenvalue weighted by Gasteiger charge is -2.45. The summed E-state index contributed by atoms with van der Waals surface area (Å²) in [6, 6.07) is 11.4. The van der Waals surface area contributed by atoms with Crippen LogP contribution < -0.4 is 0 Å². The number of carbonyl (C=O) groups excluding carboxylic acids is 3. The summed E-state index contributed by atoms with van der Waals surface area (Å²) in [5.74, 6) is -0.681. The Hall–Kier alpha value is -2.64. The lowest BCUT2D eigenvalue weighted by molar-refractivity contribution is -0.134. The van der Waals surface area contributed by atoms with Gasteiger partial charge in [-0.15, -0.1) is 11.8 Å². The summed E-state index contributed by atoms with van der Waals surface area (Å²) in [7, 11) is 0. The van der Waals surface area contributed by atoms with Crippen LogP contribution in [0.3, 0.4) is 0 Å².